The SMILES string of the molecule is CCON=Cc1ccc(-c2ccccc2NC(=O)c2c(C)nn(C)c2F)cc1. The Balaban J connectivity index is 1.86. The number of aromatic nitrogens is 2. The van der Waals surface area contributed by atoms with E-state index >= 15 is 0 Å². The number of hydrogen-bond donors (Lipinski definition) is 1. The second-order valence-electron chi connectivity index (χ2n) is 6.15. The molecule has 0 aliphatic carbocycles. The molecule has 0 spiro atoms. The zero-order valence-electron chi connectivity index (χ0n) is 15.9. The lowest BCUT2D eigenvalue weighted by Gasteiger charge is -2.11. The van der Waals surface area contributed by atoms with Crippen LogP contribution in [0.3, 0.4) is 0 Å². The largest absolute Gasteiger partial charge is 0.396 e. The van der Waals surface area contributed by atoms with Gasteiger partial charge >= 0.3 is 0 Å². The van der Waals surface area contributed by atoms with Crippen molar-refractivity contribution in [2.75, 3.05) is 11.9 Å². The summed E-state index contributed by atoms with van der Waals surface area (Å²) >= 11 is 0. The van der Waals surface area contributed by atoms with Gasteiger partial charge < -0.3 is 10.2 Å². The highest BCUT2D eigenvalue weighted by molar-refractivity contribution is 6.07. The van der Waals surface area contributed by atoms with Crippen LogP contribution in [-0.2, 0) is 11.9 Å². The number of carbonyl (C=O) groups excluding carboxylic acids is 1. The molecule has 0 aliphatic rings. The van der Waals surface area contributed by atoms with Gasteiger partial charge in [0.15, 0.2) is 0 Å². The molecule has 0 fully saturated rings. The maximum Gasteiger partial charge on any atom is 0.262 e. The number of amides is 1. The second-order valence-corrected chi connectivity index (χ2v) is 6.15. The van der Waals surface area contributed by atoms with E-state index < -0.39 is 11.9 Å². The summed E-state index contributed by atoms with van der Waals surface area (Å²) in [6, 6.07) is 15.0. The fraction of sp³-hybridized carbons (Fsp3) is 0.190. The topological polar surface area (TPSA) is 68.5 Å². The van der Waals surface area contributed by atoms with Crippen LogP contribution in [0.5, 0.6) is 0 Å². The van der Waals surface area contributed by atoms with E-state index in [1.165, 1.54) is 7.05 Å². The molecule has 0 bridgehead atoms. The predicted molar refractivity (Wildman–Crippen MR) is 107 cm³/mol. The molecule has 6 nitrogen and oxygen atoms in total. The summed E-state index contributed by atoms with van der Waals surface area (Å²) in [4.78, 5) is 17.6. The van der Waals surface area contributed by atoms with Crippen LogP contribution in [0.25, 0.3) is 11.1 Å². The highest BCUT2D eigenvalue weighted by atomic mass is 19.1. The van der Waals surface area contributed by atoms with Gasteiger partial charge in [-0.05, 0) is 31.0 Å². The summed E-state index contributed by atoms with van der Waals surface area (Å²) in [7, 11) is 1.46. The number of benzene rings is 2. The first-order valence-corrected chi connectivity index (χ1v) is 8.86. The smallest absolute Gasteiger partial charge is 0.262 e. The first kappa shape index (κ1) is 19.3. The molecule has 0 saturated carbocycles. The van der Waals surface area contributed by atoms with Gasteiger partial charge in [0.2, 0.25) is 5.95 Å². The van der Waals surface area contributed by atoms with Crippen molar-refractivity contribution in [2.45, 2.75) is 13.8 Å². The third-order valence-corrected chi connectivity index (χ3v) is 4.18. The average molecular weight is 380 g/mol. The Hall–Kier alpha value is -3.48. The van der Waals surface area contributed by atoms with Crippen molar-refractivity contribution in [3.8, 4) is 11.1 Å². The minimum absolute atomic E-state index is 0.0558. The maximum atomic E-state index is 14.2. The summed E-state index contributed by atoms with van der Waals surface area (Å²) < 4.78 is 15.2. The normalized spacial score (nSPS) is 11.0. The summed E-state index contributed by atoms with van der Waals surface area (Å²) in [5.74, 6) is -1.19. The van der Waals surface area contributed by atoms with Gasteiger partial charge in [-0.25, -0.2) is 4.68 Å². The van der Waals surface area contributed by atoms with Gasteiger partial charge in [-0.3, -0.25) is 4.79 Å². The number of oxime groups is 1. The molecule has 3 rings (SSSR count). The molecule has 7 heteroatoms. The van der Waals surface area contributed by atoms with Gasteiger partial charge in [-0.2, -0.15) is 9.49 Å². The maximum absolute atomic E-state index is 14.2. The van der Waals surface area contributed by atoms with Crippen LogP contribution in [0.1, 0.15) is 28.5 Å². The lowest BCUT2D eigenvalue weighted by molar-refractivity contribution is 0.102. The third kappa shape index (κ3) is 4.09. The van der Waals surface area contributed by atoms with Crippen molar-refractivity contribution in [3.05, 3.63) is 71.3 Å². The van der Waals surface area contributed by atoms with Gasteiger partial charge in [-0.15, -0.1) is 0 Å². The minimum Gasteiger partial charge on any atom is -0.396 e. The Morgan fingerprint density at radius 3 is 2.61 bits per heavy atom. The van der Waals surface area contributed by atoms with Crippen LogP contribution in [0.15, 0.2) is 53.7 Å². The fourth-order valence-electron chi connectivity index (χ4n) is 2.84. The molecule has 3 aromatic rings. The summed E-state index contributed by atoms with van der Waals surface area (Å²) in [5, 5.41) is 10.6. The lowest BCUT2D eigenvalue weighted by Crippen LogP contribution is -2.15. The van der Waals surface area contributed by atoms with Crippen molar-refractivity contribution in [3.63, 3.8) is 0 Å². The highest BCUT2D eigenvalue weighted by Crippen LogP contribution is 2.28. The summed E-state index contributed by atoms with van der Waals surface area (Å²) in [6.45, 7) is 3.98. The molecule has 2 aromatic carbocycles. The third-order valence-electron chi connectivity index (χ3n) is 4.18. The van der Waals surface area contributed by atoms with E-state index in [0.29, 0.717) is 18.0 Å². The standard InChI is InChI=1S/C21H21FN4O2/c1-4-28-23-13-15-9-11-16(12-10-15)17-7-5-6-8-18(17)24-21(27)19-14(2)25-26(3)20(19)22/h5-13H,4H2,1-3H3,(H,24,27). The number of rotatable bonds is 6. The van der Waals surface area contributed by atoms with Crippen LogP contribution in [-0.4, -0.2) is 28.5 Å². The second kappa shape index (κ2) is 8.47. The number of nitrogens with zero attached hydrogens (tertiary/aromatic N) is 3. The molecule has 0 atom stereocenters. The number of anilines is 1. The minimum atomic E-state index is -0.662. The number of halogens is 1. The molecule has 1 aromatic heterocycles. The average Bonchev–Trinajstić information content (AvgIpc) is 2.95. The first-order valence-electron chi connectivity index (χ1n) is 8.86. The predicted octanol–water partition coefficient (Wildman–Crippen LogP) is 4.16. The molecule has 1 amide bonds. The van der Waals surface area contributed by atoms with E-state index in [9.17, 15) is 9.18 Å². The Bertz CT molecular complexity index is 1010. The molecule has 0 saturated heterocycles. The van der Waals surface area contributed by atoms with E-state index in [2.05, 4.69) is 15.6 Å². The van der Waals surface area contributed by atoms with Crippen molar-refractivity contribution >= 4 is 17.8 Å². The molecule has 1 N–H and O–H groups in total. The van der Waals surface area contributed by atoms with Gasteiger partial charge in [0.1, 0.15) is 12.2 Å². The molecule has 0 aliphatic heterocycles. The van der Waals surface area contributed by atoms with Gasteiger partial charge in [0.25, 0.3) is 5.91 Å². The monoisotopic (exact) mass is 380 g/mol. The lowest BCUT2D eigenvalue weighted by atomic mass is 10.0. The first-order chi connectivity index (χ1) is 13.5. The molecule has 0 unspecified atom stereocenters. The van der Waals surface area contributed by atoms with Crippen LogP contribution < -0.4 is 5.32 Å². The highest BCUT2D eigenvalue weighted by Gasteiger charge is 2.21. The van der Waals surface area contributed by atoms with E-state index in [0.717, 1.165) is 21.4 Å². The Labute approximate surface area is 162 Å². The van der Waals surface area contributed by atoms with Crippen molar-refractivity contribution in [1.29, 1.82) is 0 Å². The number of carbonyl (C=O) groups is 1. The fourth-order valence-corrected chi connectivity index (χ4v) is 2.84. The number of hydrogen-bond acceptors (Lipinski definition) is 4. The van der Waals surface area contributed by atoms with E-state index in [1.807, 2.05) is 49.4 Å². The van der Waals surface area contributed by atoms with Crippen LogP contribution in [0, 0.1) is 12.9 Å². The zero-order valence-corrected chi connectivity index (χ0v) is 15.9. The van der Waals surface area contributed by atoms with E-state index in [-0.39, 0.29) is 5.56 Å². The van der Waals surface area contributed by atoms with Crippen LogP contribution in [0.2, 0.25) is 0 Å². The molecular weight excluding hydrogens is 359 g/mol. The van der Waals surface area contributed by atoms with Gasteiger partial charge in [0.05, 0.1) is 11.9 Å². The van der Waals surface area contributed by atoms with Gasteiger partial charge in [0, 0.05) is 18.3 Å². The molecule has 28 heavy (non-hydrogen) atoms. The molecule has 0 radical (unpaired) electrons. The van der Waals surface area contributed by atoms with Crippen molar-refractivity contribution < 1.29 is 14.0 Å². The number of nitrogens with one attached hydrogen (secondary N) is 1. The number of para-hydroxylation sites is 1. The Morgan fingerprint density at radius 2 is 1.96 bits per heavy atom. The summed E-state index contributed by atoms with van der Waals surface area (Å²) in [5.41, 5.74) is 3.50. The number of aryl methyl sites for hydroxylation is 2. The van der Waals surface area contributed by atoms with Crippen LogP contribution >= 0.6 is 0 Å². The molecular formula is C21H21FN4O2. The molecule has 1 heterocycles. The summed E-state index contributed by atoms with van der Waals surface area (Å²) in [6.07, 6.45) is 1.63. The quantitative estimate of drug-likeness (QED) is 0.516. The Morgan fingerprint density at radius 1 is 1.25 bits per heavy atom. The van der Waals surface area contributed by atoms with Crippen molar-refractivity contribution in [1.82, 2.24) is 9.78 Å². The van der Waals surface area contributed by atoms with E-state index in [4.69, 9.17) is 4.84 Å². The molecule has 144 valence electrons. The van der Waals surface area contributed by atoms with Gasteiger partial charge in [-0.1, -0.05) is 47.6 Å². The van der Waals surface area contributed by atoms with Crippen LogP contribution in [0.4, 0.5) is 10.1 Å². The Kier molecular flexibility index (Phi) is 5.84. The zero-order chi connectivity index (χ0) is 20.1. The van der Waals surface area contributed by atoms with E-state index in [1.54, 1.807) is 19.2 Å². The van der Waals surface area contributed by atoms with Crippen molar-refractivity contribution in [2.24, 2.45) is 12.2 Å².